The molecular weight excluding hydrogens is 377 g/mol. The van der Waals surface area contributed by atoms with E-state index in [1.54, 1.807) is 36.4 Å². The first-order valence-electron chi connectivity index (χ1n) is 8.15. The number of carbonyl (C=O) groups is 2. The van der Waals surface area contributed by atoms with Crippen LogP contribution in [0, 0.1) is 0 Å². The molecule has 2 aromatic rings. The minimum Gasteiger partial charge on any atom is -0.480 e. The molecule has 0 bridgehead atoms. The number of halogens is 2. The first-order valence-corrected chi connectivity index (χ1v) is 8.91. The van der Waals surface area contributed by atoms with E-state index in [1.807, 2.05) is 6.07 Å². The second-order valence-corrected chi connectivity index (χ2v) is 6.77. The number of carbonyl (C=O) groups excluding carboxylic acids is 2. The first kappa shape index (κ1) is 18.5. The van der Waals surface area contributed by atoms with E-state index in [-0.39, 0.29) is 23.6 Å². The molecule has 1 amide bonds. The monoisotopic (exact) mass is 393 g/mol. The number of ether oxygens (including phenoxy) is 2. The third-order valence-corrected chi connectivity index (χ3v) is 4.28. The molecule has 0 unspecified atom stereocenters. The summed E-state index contributed by atoms with van der Waals surface area (Å²) in [5.41, 5.74) is 0.600. The predicted octanol–water partition coefficient (Wildman–Crippen LogP) is 3.94. The number of hydrogen-bond acceptors (Lipinski definition) is 4. The summed E-state index contributed by atoms with van der Waals surface area (Å²) in [6, 6.07) is 13.7. The molecule has 1 aliphatic carbocycles. The fraction of sp³-hybridized carbons (Fsp3) is 0.263. The van der Waals surface area contributed by atoms with Gasteiger partial charge in [-0.3, -0.25) is 4.79 Å². The number of amides is 1. The van der Waals surface area contributed by atoms with Crippen LogP contribution in [-0.4, -0.2) is 24.5 Å². The van der Waals surface area contributed by atoms with Crippen LogP contribution in [-0.2, 0) is 14.3 Å². The van der Waals surface area contributed by atoms with Gasteiger partial charge in [0.15, 0.2) is 6.61 Å². The van der Waals surface area contributed by atoms with Crippen molar-refractivity contribution < 1.29 is 19.1 Å². The molecule has 1 atom stereocenters. The highest BCUT2D eigenvalue weighted by molar-refractivity contribution is 6.35. The lowest BCUT2D eigenvalue weighted by Crippen LogP contribution is -2.34. The minimum atomic E-state index is -1.02. The molecule has 26 heavy (non-hydrogen) atoms. The largest absolute Gasteiger partial charge is 0.480 e. The Morgan fingerprint density at radius 1 is 1.12 bits per heavy atom. The van der Waals surface area contributed by atoms with Gasteiger partial charge in [-0.15, -0.1) is 0 Å². The maximum atomic E-state index is 12.4. The van der Waals surface area contributed by atoms with Crippen molar-refractivity contribution in [2.75, 3.05) is 6.61 Å². The molecule has 1 N–H and O–H groups in total. The summed E-state index contributed by atoms with van der Waals surface area (Å²) in [5, 5.41) is 3.61. The minimum absolute atomic E-state index is 0.163. The Labute approximate surface area is 161 Å². The lowest BCUT2D eigenvalue weighted by Gasteiger charge is -2.18. The van der Waals surface area contributed by atoms with E-state index in [1.165, 1.54) is 6.07 Å². The van der Waals surface area contributed by atoms with Gasteiger partial charge in [-0.05, 0) is 31.0 Å². The van der Waals surface area contributed by atoms with Crippen LogP contribution < -0.4 is 10.1 Å². The fourth-order valence-corrected chi connectivity index (χ4v) is 2.76. The lowest BCUT2D eigenvalue weighted by atomic mass is 10.1. The van der Waals surface area contributed by atoms with Gasteiger partial charge in [0.1, 0.15) is 5.75 Å². The van der Waals surface area contributed by atoms with Gasteiger partial charge in [-0.2, -0.15) is 0 Å². The number of hydrogen-bond donors (Lipinski definition) is 1. The number of rotatable bonds is 7. The van der Waals surface area contributed by atoms with Crippen LogP contribution in [0.2, 0.25) is 10.0 Å². The molecule has 136 valence electrons. The Morgan fingerprint density at radius 3 is 2.50 bits per heavy atom. The van der Waals surface area contributed by atoms with E-state index in [9.17, 15) is 9.59 Å². The van der Waals surface area contributed by atoms with E-state index in [2.05, 4.69) is 5.32 Å². The van der Waals surface area contributed by atoms with E-state index in [0.29, 0.717) is 16.3 Å². The van der Waals surface area contributed by atoms with Crippen LogP contribution in [0.3, 0.4) is 0 Å². The van der Waals surface area contributed by atoms with Crippen molar-refractivity contribution in [1.29, 1.82) is 0 Å². The Hall–Kier alpha value is -2.24. The molecule has 5 nitrogen and oxygen atoms in total. The Kier molecular flexibility index (Phi) is 6.01. The molecule has 1 fully saturated rings. The molecule has 0 spiro atoms. The van der Waals surface area contributed by atoms with Crippen molar-refractivity contribution in [3.8, 4) is 5.75 Å². The maximum Gasteiger partial charge on any atom is 0.345 e. The number of esters is 1. The average Bonchev–Trinajstić information content (AvgIpc) is 3.43. The fourth-order valence-electron chi connectivity index (χ4n) is 2.30. The van der Waals surface area contributed by atoms with Crippen molar-refractivity contribution in [3.63, 3.8) is 0 Å². The summed E-state index contributed by atoms with van der Waals surface area (Å²) in [5.74, 6) is -0.695. The molecule has 1 saturated carbocycles. The SMILES string of the molecule is O=C(COc1ccc(Cl)cc1Cl)O[C@H](C(=O)NC1CC1)c1ccccc1. The van der Waals surface area contributed by atoms with Crippen molar-refractivity contribution in [2.45, 2.75) is 25.0 Å². The number of benzene rings is 2. The summed E-state index contributed by atoms with van der Waals surface area (Å²) in [6.07, 6.45) is 0.868. The summed E-state index contributed by atoms with van der Waals surface area (Å²) in [6.45, 7) is -0.374. The van der Waals surface area contributed by atoms with Gasteiger partial charge in [-0.25, -0.2) is 4.79 Å². The molecule has 7 heteroatoms. The van der Waals surface area contributed by atoms with Gasteiger partial charge >= 0.3 is 5.97 Å². The number of nitrogens with one attached hydrogen (secondary N) is 1. The first-order chi connectivity index (χ1) is 12.5. The molecule has 0 aliphatic heterocycles. The van der Waals surface area contributed by atoms with E-state index in [4.69, 9.17) is 32.7 Å². The third-order valence-electron chi connectivity index (χ3n) is 3.75. The lowest BCUT2D eigenvalue weighted by molar-refractivity contribution is -0.158. The van der Waals surface area contributed by atoms with Crippen LogP contribution >= 0.6 is 23.2 Å². The normalized spacial score (nSPS) is 14.4. The molecule has 0 radical (unpaired) electrons. The van der Waals surface area contributed by atoms with Crippen molar-refractivity contribution >= 4 is 35.1 Å². The van der Waals surface area contributed by atoms with Crippen LogP contribution in [0.25, 0.3) is 0 Å². The molecular formula is C19H17Cl2NO4. The van der Waals surface area contributed by atoms with Crippen molar-refractivity contribution in [1.82, 2.24) is 5.32 Å². The Balaban J connectivity index is 1.63. The Bertz CT molecular complexity index is 793. The second kappa shape index (κ2) is 8.43. The highest BCUT2D eigenvalue weighted by atomic mass is 35.5. The summed E-state index contributed by atoms with van der Waals surface area (Å²) in [4.78, 5) is 24.6. The molecule has 3 rings (SSSR count). The molecule has 0 aromatic heterocycles. The zero-order valence-corrected chi connectivity index (χ0v) is 15.3. The van der Waals surface area contributed by atoms with Gasteiger partial charge in [0.2, 0.25) is 6.10 Å². The highest BCUT2D eigenvalue weighted by Gasteiger charge is 2.30. The second-order valence-electron chi connectivity index (χ2n) is 5.93. The topological polar surface area (TPSA) is 64.6 Å². The Morgan fingerprint density at radius 2 is 1.85 bits per heavy atom. The van der Waals surface area contributed by atoms with Gasteiger partial charge in [0.05, 0.1) is 5.02 Å². The molecule has 0 heterocycles. The molecule has 1 aliphatic rings. The standard InChI is InChI=1S/C19H17Cl2NO4/c20-13-6-9-16(15(21)10-13)25-11-17(23)26-18(12-4-2-1-3-5-12)19(24)22-14-7-8-14/h1-6,9-10,14,18H,7-8,11H2,(H,22,24)/t18-/m0/s1. The van der Waals surface area contributed by atoms with Crippen LogP contribution in [0.4, 0.5) is 0 Å². The van der Waals surface area contributed by atoms with Gasteiger partial charge in [-0.1, -0.05) is 53.5 Å². The summed E-state index contributed by atoms with van der Waals surface area (Å²) >= 11 is 11.8. The van der Waals surface area contributed by atoms with Crippen molar-refractivity contribution in [2.24, 2.45) is 0 Å². The average molecular weight is 394 g/mol. The zero-order valence-electron chi connectivity index (χ0n) is 13.8. The quantitative estimate of drug-likeness (QED) is 0.723. The zero-order chi connectivity index (χ0) is 18.5. The van der Waals surface area contributed by atoms with Gasteiger partial charge in [0, 0.05) is 16.6 Å². The van der Waals surface area contributed by atoms with E-state index in [0.717, 1.165) is 12.8 Å². The van der Waals surface area contributed by atoms with Gasteiger partial charge in [0.25, 0.3) is 5.91 Å². The summed E-state index contributed by atoms with van der Waals surface area (Å²) in [7, 11) is 0. The maximum absolute atomic E-state index is 12.4. The predicted molar refractivity (Wildman–Crippen MR) is 98.4 cm³/mol. The molecule has 0 saturated heterocycles. The smallest absolute Gasteiger partial charge is 0.345 e. The third kappa shape index (κ3) is 5.13. The summed E-state index contributed by atoms with van der Waals surface area (Å²) < 4.78 is 10.7. The molecule has 2 aromatic carbocycles. The van der Waals surface area contributed by atoms with E-state index >= 15 is 0 Å². The van der Waals surface area contributed by atoms with Crippen LogP contribution in [0.5, 0.6) is 5.75 Å². The van der Waals surface area contributed by atoms with Crippen molar-refractivity contribution in [3.05, 3.63) is 64.1 Å². The van der Waals surface area contributed by atoms with Crippen LogP contribution in [0.15, 0.2) is 48.5 Å². The highest BCUT2D eigenvalue weighted by Crippen LogP contribution is 2.28. The van der Waals surface area contributed by atoms with Crippen LogP contribution in [0.1, 0.15) is 24.5 Å². The van der Waals surface area contributed by atoms with Gasteiger partial charge < -0.3 is 14.8 Å². The van der Waals surface area contributed by atoms with E-state index < -0.39 is 12.1 Å².